The van der Waals surface area contributed by atoms with Gasteiger partial charge in [0, 0.05) is 11.6 Å². The second kappa shape index (κ2) is 8.20. The number of carbonyl (C=O) groups excluding carboxylic acids is 2. The molecule has 1 aromatic rings. The second-order valence-electron chi connectivity index (χ2n) is 7.40. The molecule has 4 rings (SSSR count). The average Bonchev–Trinajstić information content (AvgIpc) is 2.63. The molecule has 0 aliphatic heterocycles. The van der Waals surface area contributed by atoms with Gasteiger partial charge >= 0.3 is 7.82 Å². The summed E-state index contributed by atoms with van der Waals surface area (Å²) in [7, 11) is -4.83. The molecule has 3 aliphatic carbocycles. The number of hydrogen-bond donors (Lipinski definition) is 4. The normalized spacial score (nSPS) is 28.6. The maximum atomic E-state index is 13.5. The first-order valence-corrected chi connectivity index (χ1v) is 10.8. The second-order valence-corrected chi connectivity index (χ2v) is 9.00. The van der Waals surface area contributed by atoms with Crippen molar-refractivity contribution < 1.29 is 37.6 Å². The van der Waals surface area contributed by atoms with Gasteiger partial charge in [-0.05, 0) is 44.2 Å². The van der Waals surface area contributed by atoms with Crippen molar-refractivity contribution in [3.63, 3.8) is 0 Å². The number of halogens is 2. The van der Waals surface area contributed by atoms with Crippen molar-refractivity contribution in [2.24, 2.45) is 0 Å². The molecule has 0 radical (unpaired) electrons. The molecule has 3 aliphatic rings. The number of benzene rings is 1. The van der Waals surface area contributed by atoms with Gasteiger partial charge < -0.3 is 25.2 Å². The van der Waals surface area contributed by atoms with E-state index < -0.39 is 43.3 Å². The fourth-order valence-electron chi connectivity index (χ4n) is 4.12. The van der Waals surface area contributed by atoms with Crippen LogP contribution in [-0.2, 0) is 18.7 Å². The molecule has 9 nitrogen and oxygen atoms in total. The van der Waals surface area contributed by atoms with Gasteiger partial charge in [-0.2, -0.15) is 0 Å². The van der Waals surface area contributed by atoms with Crippen LogP contribution >= 0.6 is 19.4 Å². The van der Waals surface area contributed by atoms with Gasteiger partial charge in [0.25, 0.3) is 5.91 Å². The van der Waals surface area contributed by atoms with E-state index in [-0.39, 0.29) is 17.2 Å². The van der Waals surface area contributed by atoms with Gasteiger partial charge in [-0.1, -0.05) is 11.6 Å². The van der Waals surface area contributed by atoms with Crippen LogP contribution in [0.5, 0.6) is 5.75 Å². The zero-order valence-corrected chi connectivity index (χ0v) is 16.9. The van der Waals surface area contributed by atoms with E-state index in [2.05, 4.69) is 10.6 Å². The number of phosphoric ester groups is 1. The number of amides is 2. The lowest BCUT2D eigenvalue weighted by molar-refractivity contribution is -0.133. The van der Waals surface area contributed by atoms with Crippen molar-refractivity contribution in [1.29, 1.82) is 0 Å². The largest absolute Gasteiger partial charge is 0.484 e. The van der Waals surface area contributed by atoms with Gasteiger partial charge in [0.2, 0.25) is 6.41 Å². The predicted octanol–water partition coefficient (Wildman–Crippen LogP) is 1.65. The number of hydrogen-bond acceptors (Lipinski definition) is 5. The van der Waals surface area contributed by atoms with Crippen molar-refractivity contribution in [2.45, 2.75) is 49.3 Å². The van der Waals surface area contributed by atoms with E-state index in [1.807, 2.05) is 0 Å². The molecule has 0 heterocycles. The molecule has 2 amide bonds. The lowest BCUT2D eigenvalue weighted by Crippen LogP contribution is -2.70. The Balaban J connectivity index is 1.69. The summed E-state index contributed by atoms with van der Waals surface area (Å²) in [6.07, 6.45) is 1.49. The third kappa shape index (κ3) is 5.07. The maximum Gasteiger partial charge on any atom is 0.469 e. The molecule has 3 fully saturated rings. The Bertz CT molecular complexity index is 841. The van der Waals surface area contributed by atoms with Crippen molar-refractivity contribution in [3.8, 4) is 5.75 Å². The Hall–Kier alpha value is -1.71. The van der Waals surface area contributed by atoms with Gasteiger partial charge in [0.1, 0.15) is 11.6 Å². The van der Waals surface area contributed by atoms with Gasteiger partial charge in [0.15, 0.2) is 6.61 Å². The van der Waals surface area contributed by atoms with Crippen LogP contribution in [0.4, 0.5) is 4.39 Å². The Morgan fingerprint density at radius 3 is 2.62 bits per heavy atom. The number of phosphoric acid groups is 1. The number of ether oxygens (including phenoxy) is 1. The molecule has 29 heavy (non-hydrogen) atoms. The highest BCUT2D eigenvalue weighted by atomic mass is 35.5. The number of nitrogens with one attached hydrogen (secondary N) is 2. The summed E-state index contributed by atoms with van der Waals surface area (Å²) in [5.74, 6) is -1.11. The molecule has 12 heteroatoms. The average molecular weight is 451 g/mol. The Morgan fingerprint density at radius 2 is 2.03 bits per heavy atom. The standard InChI is InChI=1S/C17H21ClFN2O7P/c18-12-2-1-11(7-13(12)19)27-9-15(23)21-17-5-3-16(4-6-17,20-10-22)8-14(17)28-29(24,25)26/h1-2,7,10,14H,3-6,8-9H2,(H,20,22)(H,21,23)(H2,24,25,26). The van der Waals surface area contributed by atoms with Crippen molar-refractivity contribution in [3.05, 3.63) is 29.0 Å². The predicted molar refractivity (Wildman–Crippen MR) is 99.7 cm³/mol. The van der Waals surface area contributed by atoms with Crippen LogP contribution in [0.2, 0.25) is 5.02 Å². The highest BCUT2D eigenvalue weighted by Gasteiger charge is 2.57. The van der Waals surface area contributed by atoms with E-state index in [4.69, 9.17) is 20.9 Å². The summed E-state index contributed by atoms with van der Waals surface area (Å²) in [6.45, 7) is -0.427. The Morgan fingerprint density at radius 1 is 1.34 bits per heavy atom. The summed E-state index contributed by atoms with van der Waals surface area (Å²) in [5, 5.41) is 5.44. The lowest BCUT2D eigenvalue weighted by atomic mass is 9.60. The van der Waals surface area contributed by atoms with Crippen LogP contribution in [0, 0.1) is 5.82 Å². The molecule has 2 bridgehead atoms. The quantitative estimate of drug-likeness (QED) is 0.349. The van der Waals surface area contributed by atoms with Crippen molar-refractivity contribution in [1.82, 2.24) is 10.6 Å². The van der Waals surface area contributed by atoms with Crippen LogP contribution in [0.1, 0.15) is 32.1 Å². The van der Waals surface area contributed by atoms with Crippen LogP contribution in [0.25, 0.3) is 0 Å². The Labute approximate surface area is 171 Å². The topological polar surface area (TPSA) is 134 Å². The molecule has 1 unspecified atom stereocenters. The van der Waals surface area contributed by atoms with Gasteiger partial charge in [-0.25, -0.2) is 8.96 Å². The molecule has 1 aromatic carbocycles. The zero-order chi connectivity index (χ0) is 21.3. The van der Waals surface area contributed by atoms with E-state index in [1.54, 1.807) is 0 Å². The molecule has 4 N–H and O–H groups in total. The minimum absolute atomic E-state index is 0.0741. The molecule has 160 valence electrons. The summed E-state index contributed by atoms with van der Waals surface area (Å²) < 4.78 is 35.2. The number of rotatable bonds is 8. The third-order valence-electron chi connectivity index (χ3n) is 5.57. The summed E-state index contributed by atoms with van der Waals surface area (Å²) >= 11 is 5.60. The molecule has 0 spiro atoms. The van der Waals surface area contributed by atoms with Crippen LogP contribution in [0.15, 0.2) is 18.2 Å². The van der Waals surface area contributed by atoms with E-state index in [9.17, 15) is 28.3 Å². The summed E-state index contributed by atoms with van der Waals surface area (Å²) in [5.41, 5.74) is -1.62. The Kier molecular flexibility index (Phi) is 6.21. The minimum Gasteiger partial charge on any atom is -0.484 e. The van der Waals surface area contributed by atoms with Crippen molar-refractivity contribution in [2.75, 3.05) is 6.61 Å². The molecular weight excluding hydrogens is 430 g/mol. The smallest absolute Gasteiger partial charge is 0.469 e. The number of fused-ring (bicyclic) bond motifs is 3. The van der Waals surface area contributed by atoms with Crippen LogP contribution in [0.3, 0.4) is 0 Å². The summed E-state index contributed by atoms with van der Waals surface area (Å²) in [6, 6.07) is 3.76. The van der Waals surface area contributed by atoms with Gasteiger partial charge in [0.05, 0.1) is 16.7 Å². The fraction of sp³-hybridized carbons (Fsp3) is 0.529. The molecule has 1 atom stereocenters. The first kappa shape index (κ1) is 22.0. The molecule has 0 saturated heterocycles. The molecule has 3 saturated carbocycles. The van der Waals surface area contributed by atoms with E-state index in [1.165, 1.54) is 12.1 Å². The van der Waals surface area contributed by atoms with E-state index in [0.29, 0.717) is 32.1 Å². The van der Waals surface area contributed by atoms with Gasteiger partial charge in [-0.3, -0.25) is 14.1 Å². The fourth-order valence-corrected chi connectivity index (χ4v) is 4.84. The van der Waals surface area contributed by atoms with Crippen LogP contribution < -0.4 is 15.4 Å². The van der Waals surface area contributed by atoms with E-state index in [0.717, 1.165) is 6.07 Å². The van der Waals surface area contributed by atoms with Crippen LogP contribution in [-0.4, -0.2) is 45.9 Å². The SMILES string of the molecule is O=CNC12CCC(NC(=O)COc3ccc(Cl)c(F)c3)(CC1)C(OP(=O)(O)O)C2. The van der Waals surface area contributed by atoms with Gasteiger partial charge in [-0.15, -0.1) is 0 Å². The summed E-state index contributed by atoms with van der Waals surface area (Å²) in [4.78, 5) is 42.0. The highest BCUT2D eigenvalue weighted by molar-refractivity contribution is 7.46. The molecular formula is C17H21ClFN2O7P. The highest BCUT2D eigenvalue weighted by Crippen LogP contribution is 2.52. The van der Waals surface area contributed by atoms with E-state index >= 15 is 0 Å². The lowest BCUT2D eigenvalue weighted by Gasteiger charge is -2.56. The van der Waals surface area contributed by atoms with Crippen molar-refractivity contribution >= 4 is 31.7 Å². The zero-order valence-electron chi connectivity index (χ0n) is 15.3. The maximum absolute atomic E-state index is 13.5. The number of carbonyl (C=O) groups is 2. The third-order valence-corrected chi connectivity index (χ3v) is 6.41. The first-order valence-electron chi connectivity index (χ1n) is 8.91. The molecule has 0 aromatic heterocycles. The first-order chi connectivity index (χ1) is 13.6. The minimum atomic E-state index is -4.83. The monoisotopic (exact) mass is 450 g/mol.